The number of hydrogen-bond donors (Lipinski definition) is 2. The molecule has 0 aromatic heterocycles. The third kappa shape index (κ3) is 3.45. The largest absolute Gasteiger partial charge is 0.366 e. The van der Waals surface area contributed by atoms with Crippen LogP contribution in [0.1, 0.15) is 21.8 Å². The number of carbonyl (C=O) groups is 2. The average Bonchev–Trinajstić information content (AvgIpc) is 2.49. The fourth-order valence-electron chi connectivity index (χ4n) is 1.89. The summed E-state index contributed by atoms with van der Waals surface area (Å²) in [5.41, 5.74) is 6.52. The number of nitrogens with two attached hydrogens (primary N) is 1. The maximum Gasteiger partial charge on any atom is 0.248 e. The van der Waals surface area contributed by atoms with Gasteiger partial charge in [0, 0.05) is 11.3 Å². The summed E-state index contributed by atoms with van der Waals surface area (Å²) in [6, 6.07) is 17.0. The molecule has 5 heteroatoms. The fourth-order valence-corrected chi connectivity index (χ4v) is 1.89. The van der Waals surface area contributed by atoms with Crippen molar-refractivity contribution in [3.63, 3.8) is 0 Å². The van der Waals surface area contributed by atoms with E-state index in [1.165, 1.54) is 6.07 Å². The third-order valence-corrected chi connectivity index (χ3v) is 2.94. The number of anilines is 1. The summed E-state index contributed by atoms with van der Waals surface area (Å²) in [4.78, 5) is 23.3. The molecule has 0 spiro atoms. The first kappa shape index (κ1) is 14.3. The first-order valence-electron chi connectivity index (χ1n) is 6.27. The number of benzene rings is 2. The normalized spacial score (nSPS) is 11.2. The van der Waals surface area contributed by atoms with Crippen LogP contribution in [0.3, 0.4) is 0 Å². The lowest BCUT2D eigenvalue weighted by molar-refractivity contribution is -0.116. The Balaban J connectivity index is 2.19. The minimum Gasteiger partial charge on any atom is -0.366 e. The van der Waals surface area contributed by atoms with Crippen LogP contribution >= 0.6 is 0 Å². The second-order valence-electron chi connectivity index (χ2n) is 4.41. The summed E-state index contributed by atoms with van der Waals surface area (Å²) in [5.74, 6) is -1.94. The highest BCUT2D eigenvalue weighted by Gasteiger charge is 2.20. The van der Waals surface area contributed by atoms with Gasteiger partial charge in [-0.25, -0.2) is 0 Å². The van der Waals surface area contributed by atoms with Crippen molar-refractivity contribution in [3.8, 4) is 6.07 Å². The van der Waals surface area contributed by atoms with Crippen LogP contribution < -0.4 is 11.1 Å². The summed E-state index contributed by atoms with van der Waals surface area (Å²) < 4.78 is 0. The molecule has 0 bridgehead atoms. The van der Waals surface area contributed by atoms with Gasteiger partial charge in [0.2, 0.25) is 11.8 Å². The molecule has 0 aliphatic heterocycles. The first-order valence-corrected chi connectivity index (χ1v) is 6.27. The van der Waals surface area contributed by atoms with Crippen molar-refractivity contribution in [2.75, 3.05) is 5.32 Å². The lowest BCUT2D eigenvalue weighted by Gasteiger charge is -2.11. The topological polar surface area (TPSA) is 96.0 Å². The Bertz CT molecular complexity index is 705. The molecule has 0 aliphatic rings. The number of hydrogen-bond acceptors (Lipinski definition) is 3. The maximum absolute atomic E-state index is 12.2. The highest BCUT2D eigenvalue weighted by Crippen LogP contribution is 2.18. The molecule has 1 atom stereocenters. The standard InChI is InChI=1S/C16H13N3O2/c17-10-14(11-5-2-1-3-6-11)16(21)19-13-8-4-7-12(9-13)15(18)20/h1-9,14H,(H2,18,20)(H,19,21). The second-order valence-corrected chi connectivity index (χ2v) is 4.41. The summed E-state index contributed by atoms with van der Waals surface area (Å²) in [5, 5.41) is 11.8. The van der Waals surface area contributed by atoms with Crippen molar-refractivity contribution in [3.05, 3.63) is 65.7 Å². The molecule has 0 saturated heterocycles. The quantitative estimate of drug-likeness (QED) is 0.896. The van der Waals surface area contributed by atoms with Crippen molar-refractivity contribution < 1.29 is 9.59 Å². The van der Waals surface area contributed by atoms with Crippen molar-refractivity contribution in [1.29, 1.82) is 5.26 Å². The van der Waals surface area contributed by atoms with Crippen molar-refractivity contribution >= 4 is 17.5 Å². The molecule has 2 rings (SSSR count). The summed E-state index contributed by atoms with van der Waals surface area (Å²) in [6.07, 6.45) is 0. The number of carbonyl (C=O) groups excluding carboxylic acids is 2. The van der Waals surface area contributed by atoms with Crippen molar-refractivity contribution in [2.45, 2.75) is 5.92 Å². The van der Waals surface area contributed by atoms with Crippen LogP contribution in [0.2, 0.25) is 0 Å². The lowest BCUT2D eigenvalue weighted by Crippen LogP contribution is -2.20. The van der Waals surface area contributed by atoms with Gasteiger partial charge in [0.1, 0.15) is 0 Å². The minimum atomic E-state index is -0.913. The monoisotopic (exact) mass is 279 g/mol. The Morgan fingerprint density at radius 1 is 1.10 bits per heavy atom. The molecule has 104 valence electrons. The molecule has 2 aromatic carbocycles. The molecule has 2 amide bonds. The van der Waals surface area contributed by atoms with E-state index in [4.69, 9.17) is 5.73 Å². The Labute approximate surface area is 122 Å². The van der Waals surface area contributed by atoms with Crippen LogP contribution in [-0.4, -0.2) is 11.8 Å². The smallest absolute Gasteiger partial charge is 0.248 e. The van der Waals surface area contributed by atoms with Gasteiger partial charge in [-0.1, -0.05) is 36.4 Å². The van der Waals surface area contributed by atoms with Crippen LogP contribution in [0.5, 0.6) is 0 Å². The van der Waals surface area contributed by atoms with Crippen LogP contribution in [0.15, 0.2) is 54.6 Å². The van der Waals surface area contributed by atoms with Gasteiger partial charge in [0.25, 0.3) is 0 Å². The molecule has 0 fully saturated rings. The van der Waals surface area contributed by atoms with E-state index in [1.54, 1.807) is 42.5 Å². The van der Waals surface area contributed by atoms with Gasteiger partial charge >= 0.3 is 0 Å². The molecular formula is C16H13N3O2. The van der Waals surface area contributed by atoms with Crippen molar-refractivity contribution in [1.82, 2.24) is 0 Å². The summed E-state index contributed by atoms with van der Waals surface area (Å²) in [6.45, 7) is 0. The molecule has 5 nitrogen and oxygen atoms in total. The van der Waals surface area contributed by atoms with E-state index in [9.17, 15) is 14.9 Å². The molecule has 0 saturated carbocycles. The fraction of sp³-hybridized carbons (Fsp3) is 0.0625. The Hall–Kier alpha value is -3.13. The van der Waals surface area contributed by atoms with E-state index in [0.29, 0.717) is 16.8 Å². The summed E-state index contributed by atoms with van der Waals surface area (Å²) >= 11 is 0. The molecular weight excluding hydrogens is 266 g/mol. The third-order valence-electron chi connectivity index (χ3n) is 2.94. The van der Waals surface area contributed by atoms with E-state index >= 15 is 0 Å². The van der Waals surface area contributed by atoms with Gasteiger partial charge < -0.3 is 11.1 Å². The van der Waals surface area contributed by atoms with Crippen LogP contribution in [0.4, 0.5) is 5.69 Å². The molecule has 0 aliphatic carbocycles. The van der Waals surface area contributed by atoms with Crippen LogP contribution in [0.25, 0.3) is 0 Å². The van der Waals surface area contributed by atoms with Gasteiger partial charge in [-0.15, -0.1) is 0 Å². The van der Waals surface area contributed by atoms with Crippen molar-refractivity contribution in [2.24, 2.45) is 5.73 Å². The second kappa shape index (κ2) is 6.35. The number of rotatable bonds is 4. The highest BCUT2D eigenvalue weighted by molar-refractivity contribution is 5.99. The van der Waals surface area contributed by atoms with Gasteiger partial charge in [-0.2, -0.15) is 5.26 Å². The van der Waals surface area contributed by atoms with E-state index < -0.39 is 17.7 Å². The SMILES string of the molecule is N#CC(C(=O)Nc1cccc(C(N)=O)c1)c1ccccc1. The molecule has 0 heterocycles. The molecule has 3 N–H and O–H groups in total. The first-order chi connectivity index (χ1) is 10.1. The van der Waals surface area contributed by atoms with E-state index in [0.717, 1.165) is 0 Å². The van der Waals surface area contributed by atoms with Gasteiger partial charge in [0.15, 0.2) is 5.92 Å². The maximum atomic E-state index is 12.2. The average molecular weight is 279 g/mol. The van der Waals surface area contributed by atoms with Gasteiger partial charge in [-0.3, -0.25) is 9.59 Å². The predicted octanol–water partition coefficient (Wildman–Crippen LogP) is 2.03. The van der Waals surface area contributed by atoms with E-state index in [-0.39, 0.29) is 0 Å². The molecule has 0 radical (unpaired) electrons. The Kier molecular flexibility index (Phi) is 4.32. The summed E-state index contributed by atoms with van der Waals surface area (Å²) in [7, 11) is 0. The Morgan fingerprint density at radius 2 is 1.81 bits per heavy atom. The van der Waals surface area contributed by atoms with Gasteiger partial charge in [-0.05, 0) is 23.8 Å². The predicted molar refractivity (Wildman–Crippen MR) is 78.4 cm³/mol. The number of nitrogens with one attached hydrogen (secondary N) is 1. The van der Waals surface area contributed by atoms with Crippen LogP contribution in [0, 0.1) is 11.3 Å². The number of nitrogens with zero attached hydrogens (tertiary/aromatic N) is 1. The van der Waals surface area contributed by atoms with Gasteiger partial charge in [0.05, 0.1) is 6.07 Å². The number of primary amides is 1. The van der Waals surface area contributed by atoms with Crippen LogP contribution in [-0.2, 0) is 4.79 Å². The molecule has 1 unspecified atom stereocenters. The zero-order chi connectivity index (χ0) is 15.2. The number of nitriles is 1. The Morgan fingerprint density at radius 3 is 2.43 bits per heavy atom. The van der Waals surface area contributed by atoms with E-state index in [2.05, 4.69) is 5.32 Å². The zero-order valence-electron chi connectivity index (χ0n) is 11.1. The number of amides is 2. The highest BCUT2D eigenvalue weighted by atomic mass is 16.2. The minimum absolute atomic E-state index is 0.293. The molecule has 2 aromatic rings. The lowest BCUT2D eigenvalue weighted by atomic mass is 10.00. The van der Waals surface area contributed by atoms with E-state index in [1.807, 2.05) is 12.1 Å². The zero-order valence-corrected chi connectivity index (χ0v) is 11.1. The molecule has 21 heavy (non-hydrogen) atoms.